The molecule has 17 heavy (non-hydrogen) atoms. The number of anilines is 1. The molecule has 0 aliphatic heterocycles. The molecule has 1 aromatic heterocycles. The Morgan fingerprint density at radius 1 is 1.41 bits per heavy atom. The Labute approximate surface area is 105 Å². The smallest absolute Gasteiger partial charge is 0.101 e. The van der Waals surface area contributed by atoms with E-state index < -0.39 is 0 Å². The largest absolute Gasteiger partial charge is 0.376 e. The molecule has 0 aliphatic carbocycles. The summed E-state index contributed by atoms with van der Waals surface area (Å²) in [6, 6.07) is 9.78. The van der Waals surface area contributed by atoms with Crippen molar-refractivity contribution >= 4 is 17.0 Å². The molecule has 1 heterocycles. The number of nitrogens with zero attached hydrogens (tertiary/aromatic N) is 2. The van der Waals surface area contributed by atoms with E-state index in [-0.39, 0.29) is 6.04 Å². The number of hydrogen-bond acceptors (Lipinski definition) is 4. The van der Waals surface area contributed by atoms with Gasteiger partial charge in [0.25, 0.3) is 0 Å². The summed E-state index contributed by atoms with van der Waals surface area (Å²) in [5.74, 6) is 0. The van der Waals surface area contributed by atoms with Gasteiger partial charge in [0.1, 0.15) is 6.07 Å². The molecule has 1 atom stereocenters. The molecule has 86 valence electrons. The van der Waals surface area contributed by atoms with Crippen LogP contribution in [0.3, 0.4) is 0 Å². The molecular weight excluding hydrogens is 230 g/mol. The fourth-order valence-electron chi connectivity index (χ4n) is 1.59. The fraction of sp³-hybridized carbons (Fsp3) is 0.231. The summed E-state index contributed by atoms with van der Waals surface area (Å²) in [7, 11) is 0. The van der Waals surface area contributed by atoms with Crippen molar-refractivity contribution in [2.75, 3.05) is 5.32 Å². The molecule has 1 N–H and O–H groups in total. The second-order valence-corrected chi connectivity index (χ2v) is 4.88. The molecule has 2 aromatic rings. The Bertz CT molecular complexity index is 554. The molecule has 3 nitrogen and oxygen atoms in total. The van der Waals surface area contributed by atoms with Crippen molar-refractivity contribution in [3.05, 3.63) is 45.9 Å². The number of aryl methyl sites for hydroxylation is 1. The molecule has 2 rings (SSSR count). The van der Waals surface area contributed by atoms with Gasteiger partial charge in [-0.15, -0.1) is 11.3 Å². The maximum Gasteiger partial charge on any atom is 0.101 e. The van der Waals surface area contributed by atoms with E-state index in [1.165, 1.54) is 0 Å². The van der Waals surface area contributed by atoms with E-state index in [0.717, 1.165) is 16.4 Å². The minimum absolute atomic E-state index is 0.106. The molecular formula is C13H13N3S. The summed E-state index contributed by atoms with van der Waals surface area (Å²) >= 11 is 1.64. The third-order valence-electron chi connectivity index (χ3n) is 2.50. The average molecular weight is 243 g/mol. The van der Waals surface area contributed by atoms with E-state index in [9.17, 15) is 0 Å². The number of rotatable bonds is 3. The first kappa shape index (κ1) is 11.6. The minimum Gasteiger partial charge on any atom is -0.376 e. The van der Waals surface area contributed by atoms with Crippen LogP contribution in [0.15, 0.2) is 29.6 Å². The lowest BCUT2D eigenvalue weighted by atomic mass is 10.1. The third-order valence-corrected chi connectivity index (χ3v) is 3.29. The number of aromatic nitrogens is 1. The highest BCUT2D eigenvalue weighted by Gasteiger charge is 2.10. The third kappa shape index (κ3) is 2.63. The van der Waals surface area contributed by atoms with Gasteiger partial charge >= 0.3 is 0 Å². The van der Waals surface area contributed by atoms with E-state index in [2.05, 4.69) is 16.4 Å². The monoisotopic (exact) mass is 243 g/mol. The molecule has 4 heteroatoms. The Morgan fingerprint density at radius 2 is 2.18 bits per heavy atom. The second kappa shape index (κ2) is 4.98. The molecule has 0 saturated heterocycles. The first-order chi connectivity index (χ1) is 8.20. The summed E-state index contributed by atoms with van der Waals surface area (Å²) in [6.45, 7) is 4.03. The first-order valence-corrected chi connectivity index (χ1v) is 6.26. The van der Waals surface area contributed by atoms with Gasteiger partial charge in [-0.25, -0.2) is 4.98 Å². The van der Waals surface area contributed by atoms with Gasteiger partial charge < -0.3 is 5.32 Å². The van der Waals surface area contributed by atoms with E-state index in [4.69, 9.17) is 5.26 Å². The topological polar surface area (TPSA) is 48.7 Å². The van der Waals surface area contributed by atoms with Crippen LogP contribution in [0.4, 0.5) is 5.69 Å². The predicted octanol–water partition coefficient (Wildman–Crippen LogP) is 3.50. The maximum absolute atomic E-state index is 9.00. The zero-order valence-electron chi connectivity index (χ0n) is 9.77. The molecule has 0 aliphatic rings. The molecule has 0 radical (unpaired) electrons. The van der Waals surface area contributed by atoms with Crippen LogP contribution >= 0.6 is 11.3 Å². The van der Waals surface area contributed by atoms with Gasteiger partial charge in [0.05, 0.1) is 28.0 Å². The average Bonchev–Trinajstić information content (AvgIpc) is 2.77. The van der Waals surface area contributed by atoms with Gasteiger partial charge in [-0.3, -0.25) is 0 Å². The lowest BCUT2D eigenvalue weighted by molar-refractivity contribution is 0.845. The number of benzene rings is 1. The standard InChI is InChI=1S/C13H13N3S/c1-9(13-8-17-10(2)16-13)15-12-6-4-3-5-11(12)7-14/h3-6,8-9,15H,1-2H3. The lowest BCUT2D eigenvalue weighted by Crippen LogP contribution is -2.08. The molecule has 0 fully saturated rings. The number of nitrogens with one attached hydrogen (secondary N) is 1. The van der Waals surface area contributed by atoms with Crippen LogP contribution in [-0.4, -0.2) is 4.98 Å². The van der Waals surface area contributed by atoms with Crippen molar-refractivity contribution in [1.29, 1.82) is 5.26 Å². The predicted molar refractivity (Wildman–Crippen MR) is 70.0 cm³/mol. The highest BCUT2D eigenvalue weighted by molar-refractivity contribution is 7.09. The van der Waals surface area contributed by atoms with Crippen molar-refractivity contribution in [3.8, 4) is 6.07 Å². The zero-order valence-corrected chi connectivity index (χ0v) is 10.6. The zero-order chi connectivity index (χ0) is 12.3. The Kier molecular flexibility index (Phi) is 3.40. The van der Waals surface area contributed by atoms with E-state index in [1.807, 2.05) is 37.4 Å². The molecule has 0 saturated carbocycles. The number of thiazole rings is 1. The highest BCUT2D eigenvalue weighted by Crippen LogP contribution is 2.22. The van der Waals surface area contributed by atoms with Gasteiger partial charge in [0.15, 0.2) is 0 Å². The van der Waals surface area contributed by atoms with Crippen molar-refractivity contribution in [2.45, 2.75) is 19.9 Å². The van der Waals surface area contributed by atoms with Gasteiger partial charge in [0.2, 0.25) is 0 Å². The van der Waals surface area contributed by atoms with Crippen LogP contribution in [0.2, 0.25) is 0 Å². The lowest BCUT2D eigenvalue weighted by Gasteiger charge is -2.14. The maximum atomic E-state index is 9.00. The van der Waals surface area contributed by atoms with Crippen molar-refractivity contribution in [2.24, 2.45) is 0 Å². The number of nitriles is 1. The minimum atomic E-state index is 0.106. The molecule has 1 unspecified atom stereocenters. The van der Waals surface area contributed by atoms with Crippen LogP contribution < -0.4 is 5.32 Å². The van der Waals surface area contributed by atoms with Crippen molar-refractivity contribution in [3.63, 3.8) is 0 Å². The quantitative estimate of drug-likeness (QED) is 0.897. The van der Waals surface area contributed by atoms with Gasteiger partial charge in [-0.2, -0.15) is 5.26 Å². The number of para-hydroxylation sites is 1. The van der Waals surface area contributed by atoms with E-state index in [1.54, 1.807) is 17.4 Å². The molecule has 0 amide bonds. The van der Waals surface area contributed by atoms with Crippen LogP contribution in [-0.2, 0) is 0 Å². The fourth-order valence-corrected chi connectivity index (χ4v) is 2.30. The Morgan fingerprint density at radius 3 is 2.82 bits per heavy atom. The molecule has 0 bridgehead atoms. The molecule has 1 aromatic carbocycles. The van der Waals surface area contributed by atoms with E-state index in [0.29, 0.717) is 5.56 Å². The summed E-state index contributed by atoms with van der Waals surface area (Å²) in [5, 5.41) is 15.4. The van der Waals surface area contributed by atoms with Crippen LogP contribution in [0.1, 0.15) is 29.2 Å². The summed E-state index contributed by atoms with van der Waals surface area (Å²) in [5.41, 5.74) is 2.53. The number of hydrogen-bond donors (Lipinski definition) is 1. The van der Waals surface area contributed by atoms with Crippen LogP contribution in [0.25, 0.3) is 0 Å². The normalized spacial score (nSPS) is 11.8. The van der Waals surface area contributed by atoms with Gasteiger partial charge in [-0.1, -0.05) is 12.1 Å². The summed E-state index contributed by atoms with van der Waals surface area (Å²) in [4.78, 5) is 4.44. The SMILES string of the molecule is Cc1nc(C(C)Nc2ccccc2C#N)cs1. The Balaban J connectivity index is 2.19. The highest BCUT2D eigenvalue weighted by atomic mass is 32.1. The summed E-state index contributed by atoms with van der Waals surface area (Å²) < 4.78 is 0. The van der Waals surface area contributed by atoms with Crippen molar-refractivity contribution < 1.29 is 0 Å². The van der Waals surface area contributed by atoms with Gasteiger partial charge in [0, 0.05) is 5.38 Å². The summed E-state index contributed by atoms with van der Waals surface area (Å²) in [6.07, 6.45) is 0. The van der Waals surface area contributed by atoms with Crippen LogP contribution in [0.5, 0.6) is 0 Å². The van der Waals surface area contributed by atoms with Gasteiger partial charge in [-0.05, 0) is 26.0 Å². The van der Waals surface area contributed by atoms with Crippen molar-refractivity contribution in [1.82, 2.24) is 4.98 Å². The van der Waals surface area contributed by atoms with Crippen LogP contribution in [0, 0.1) is 18.3 Å². The molecule has 0 spiro atoms. The second-order valence-electron chi connectivity index (χ2n) is 3.81. The first-order valence-electron chi connectivity index (χ1n) is 5.38. The Hall–Kier alpha value is -1.86. The van der Waals surface area contributed by atoms with E-state index >= 15 is 0 Å².